The molecule has 0 spiro atoms. The number of aromatic nitrogens is 2. The number of rotatable bonds is 8. The van der Waals surface area contributed by atoms with Crippen LogP contribution < -0.4 is 11.1 Å². The predicted octanol–water partition coefficient (Wildman–Crippen LogP) is 0.302. The number of imidazole rings is 1. The maximum atomic E-state index is 11.5. The lowest BCUT2D eigenvalue weighted by Crippen LogP contribution is -2.32. The average Bonchev–Trinajstić information content (AvgIpc) is 2.72. The van der Waals surface area contributed by atoms with Gasteiger partial charge in [-0.2, -0.15) is 0 Å². The molecule has 1 unspecified atom stereocenters. The molecule has 3 N–H and O–H groups in total. The molecular formula is C12H22N4O2. The number of ether oxygens (including phenoxy) is 1. The smallest absolute Gasteiger partial charge is 0.240 e. The van der Waals surface area contributed by atoms with Crippen molar-refractivity contribution in [1.82, 2.24) is 14.9 Å². The summed E-state index contributed by atoms with van der Waals surface area (Å²) in [5.74, 6) is -0.199. The second kappa shape index (κ2) is 7.13. The van der Waals surface area contributed by atoms with Gasteiger partial charge in [-0.05, 0) is 5.92 Å². The van der Waals surface area contributed by atoms with E-state index in [0.29, 0.717) is 13.2 Å². The van der Waals surface area contributed by atoms with E-state index in [1.807, 2.05) is 18.4 Å². The lowest BCUT2D eigenvalue weighted by molar-refractivity contribution is -0.122. The zero-order valence-corrected chi connectivity index (χ0v) is 11.2. The van der Waals surface area contributed by atoms with Gasteiger partial charge in [0.1, 0.15) is 6.04 Å². The first-order chi connectivity index (χ1) is 8.57. The van der Waals surface area contributed by atoms with E-state index in [4.69, 9.17) is 10.5 Å². The van der Waals surface area contributed by atoms with Crippen LogP contribution in [0.1, 0.15) is 25.6 Å². The number of nitrogens with zero attached hydrogens (tertiary/aromatic N) is 2. The lowest BCUT2D eigenvalue weighted by atomic mass is 10.0. The quantitative estimate of drug-likeness (QED) is 0.654. The highest BCUT2D eigenvalue weighted by Gasteiger charge is 2.23. The standard InChI is InChI=1S/C12H22N4O2/c1-9(2)11(12(13)17)16-8-15-7-10(16)6-14-4-5-18-3/h7-9,11,14H,4-6H2,1-3H3,(H2,13,17). The van der Waals surface area contributed by atoms with Crippen LogP contribution in [0.5, 0.6) is 0 Å². The Morgan fingerprint density at radius 3 is 2.89 bits per heavy atom. The van der Waals surface area contributed by atoms with E-state index >= 15 is 0 Å². The molecule has 0 saturated carbocycles. The van der Waals surface area contributed by atoms with E-state index in [1.165, 1.54) is 0 Å². The summed E-state index contributed by atoms with van der Waals surface area (Å²) >= 11 is 0. The summed E-state index contributed by atoms with van der Waals surface area (Å²) in [6.07, 6.45) is 3.40. The predicted molar refractivity (Wildman–Crippen MR) is 68.9 cm³/mol. The van der Waals surface area contributed by atoms with Crippen molar-refractivity contribution in [2.75, 3.05) is 20.3 Å². The Labute approximate surface area is 108 Å². The van der Waals surface area contributed by atoms with E-state index in [0.717, 1.165) is 12.2 Å². The number of nitrogens with one attached hydrogen (secondary N) is 1. The van der Waals surface area contributed by atoms with Crippen molar-refractivity contribution in [3.63, 3.8) is 0 Å². The Morgan fingerprint density at radius 1 is 1.61 bits per heavy atom. The topological polar surface area (TPSA) is 82.2 Å². The van der Waals surface area contributed by atoms with Crippen molar-refractivity contribution in [3.05, 3.63) is 18.2 Å². The average molecular weight is 254 g/mol. The van der Waals surface area contributed by atoms with Gasteiger partial charge in [0.15, 0.2) is 0 Å². The van der Waals surface area contributed by atoms with Gasteiger partial charge in [-0.3, -0.25) is 4.79 Å². The van der Waals surface area contributed by atoms with Crippen molar-refractivity contribution in [3.8, 4) is 0 Å². The number of amides is 1. The minimum absolute atomic E-state index is 0.134. The Morgan fingerprint density at radius 2 is 2.33 bits per heavy atom. The van der Waals surface area contributed by atoms with Crippen LogP contribution in [0.25, 0.3) is 0 Å². The molecule has 1 amide bonds. The molecule has 18 heavy (non-hydrogen) atoms. The largest absolute Gasteiger partial charge is 0.383 e. The zero-order valence-electron chi connectivity index (χ0n) is 11.2. The highest BCUT2D eigenvalue weighted by Crippen LogP contribution is 2.19. The molecule has 0 fully saturated rings. The molecule has 0 aromatic carbocycles. The van der Waals surface area contributed by atoms with Crippen LogP contribution in [0.3, 0.4) is 0 Å². The number of methoxy groups -OCH3 is 1. The van der Waals surface area contributed by atoms with E-state index in [9.17, 15) is 4.79 Å². The summed E-state index contributed by atoms with van der Waals surface area (Å²) in [6, 6.07) is -0.355. The summed E-state index contributed by atoms with van der Waals surface area (Å²) in [5, 5.41) is 3.22. The van der Waals surface area contributed by atoms with Crippen molar-refractivity contribution in [1.29, 1.82) is 0 Å². The number of nitrogens with two attached hydrogens (primary N) is 1. The van der Waals surface area contributed by atoms with Gasteiger partial charge in [0, 0.05) is 26.4 Å². The fourth-order valence-corrected chi connectivity index (χ4v) is 1.90. The van der Waals surface area contributed by atoms with Crippen LogP contribution in [0.2, 0.25) is 0 Å². The molecule has 1 heterocycles. The van der Waals surface area contributed by atoms with Crippen LogP contribution in [-0.2, 0) is 16.1 Å². The molecule has 0 bridgehead atoms. The van der Waals surface area contributed by atoms with Gasteiger partial charge in [-0.15, -0.1) is 0 Å². The minimum atomic E-state index is -0.355. The van der Waals surface area contributed by atoms with Crippen LogP contribution in [0.4, 0.5) is 0 Å². The lowest BCUT2D eigenvalue weighted by Gasteiger charge is -2.21. The normalized spacial score (nSPS) is 12.9. The van der Waals surface area contributed by atoms with Gasteiger partial charge in [-0.1, -0.05) is 13.8 Å². The zero-order chi connectivity index (χ0) is 13.5. The molecule has 1 aromatic rings. The maximum absolute atomic E-state index is 11.5. The fraction of sp³-hybridized carbons (Fsp3) is 0.667. The molecule has 0 saturated heterocycles. The highest BCUT2D eigenvalue weighted by molar-refractivity contribution is 5.78. The maximum Gasteiger partial charge on any atom is 0.240 e. The van der Waals surface area contributed by atoms with Crippen molar-refractivity contribution in [2.45, 2.75) is 26.4 Å². The van der Waals surface area contributed by atoms with Crippen molar-refractivity contribution >= 4 is 5.91 Å². The van der Waals surface area contributed by atoms with Gasteiger partial charge in [0.2, 0.25) is 5.91 Å². The number of carbonyl (C=O) groups is 1. The summed E-state index contributed by atoms with van der Waals surface area (Å²) in [4.78, 5) is 15.6. The summed E-state index contributed by atoms with van der Waals surface area (Å²) < 4.78 is 6.80. The molecule has 0 aliphatic heterocycles. The van der Waals surface area contributed by atoms with Gasteiger partial charge in [0.25, 0.3) is 0 Å². The van der Waals surface area contributed by atoms with Gasteiger partial charge in [-0.25, -0.2) is 4.98 Å². The number of carbonyl (C=O) groups excluding carboxylic acids is 1. The minimum Gasteiger partial charge on any atom is -0.383 e. The van der Waals surface area contributed by atoms with Crippen molar-refractivity contribution < 1.29 is 9.53 Å². The molecule has 1 rings (SSSR count). The highest BCUT2D eigenvalue weighted by atomic mass is 16.5. The number of hydrogen-bond acceptors (Lipinski definition) is 4. The molecule has 0 aliphatic carbocycles. The third-order valence-corrected chi connectivity index (χ3v) is 2.76. The van der Waals surface area contributed by atoms with Gasteiger partial charge >= 0.3 is 0 Å². The van der Waals surface area contributed by atoms with Gasteiger partial charge in [0.05, 0.1) is 18.6 Å². The van der Waals surface area contributed by atoms with Crippen LogP contribution in [0.15, 0.2) is 12.5 Å². The van der Waals surface area contributed by atoms with Crippen LogP contribution in [0, 0.1) is 5.92 Å². The molecule has 0 radical (unpaired) electrons. The molecule has 1 aromatic heterocycles. The fourth-order valence-electron chi connectivity index (χ4n) is 1.90. The second-order valence-corrected chi connectivity index (χ2v) is 4.55. The summed E-state index contributed by atoms with van der Waals surface area (Å²) in [7, 11) is 1.66. The van der Waals surface area contributed by atoms with E-state index in [-0.39, 0.29) is 17.9 Å². The van der Waals surface area contributed by atoms with Crippen LogP contribution >= 0.6 is 0 Å². The third-order valence-electron chi connectivity index (χ3n) is 2.76. The second-order valence-electron chi connectivity index (χ2n) is 4.55. The summed E-state index contributed by atoms with van der Waals surface area (Å²) in [6.45, 7) is 5.98. The molecular weight excluding hydrogens is 232 g/mol. The number of primary amides is 1. The van der Waals surface area contributed by atoms with Crippen LogP contribution in [-0.4, -0.2) is 35.7 Å². The first-order valence-electron chi connectivity index (χ1n) is 6.07. The molecule has 0 aliphatic rings. The molecule has 102 valence electrons. The molecule has 6 nitrogen and oxygen atoms in total. The Balaban J connectivity index is 2.71. The van der Waals surface area contributed by atoms with Crippen molar-refractivity contribution in [2.24, 2.45) is 11.7 Å². The SMILES string of the molecule is COCCNCc1cncn1C(C(N)=O)C(C)C. The van der Waals surface area contributed by atoms with Gasteiger partial charge < -0.3 is 20.4 Å². The third kappa shape index (κ3) is 3.82. The van der Waals surface area contributed by atoms with E-state index in [1.54, 1.807) is 19.6 Å². The summed E-state index contributed by atoms with van der Waals surface area (Å²) in [5.41, 5.74) is 6.39. The first-order valence-corrected chi connectivity index (χ1v) is 6.07. The van der Waals surface area contributed by atoms with E-state index in [2.05, 4.69) is 10.3 Å². The Hall–Kier alpha value is -1.40. The Kier molecular flexibility index (Phi) is 5.80. The van der Waals surface area contributed by atoms with E-state index < -0.39 is 0 Å². The molecule has 6 heteroatoms. The molecule has 1 atom stereocenters. The number of hydrogen-bond donors (Lipinski definition) is 2. The first kappa shape index (κ1) is 14.7. The monoisotopic (exact) mass is 254 g/mol. The Bertz CT molecular complexity index is 376.